The van der Waals surface area contributed by atoms with E-state index in [-0.39, 0.29) is 12.3 Å². The third kappa shape index (κ3) is 4.12. The largest absolute Gasteiger partial charge is 0.343 e. The molecule has 0 radical (unpaired) electrons. The highest BCUT2D eigenvalue weighted by atomic mass is 32.2. The van der Waals surface area contributed by atoms with E-state index in [1.165, 1.54) is 0 Å². The number of sulfonamides is 1. The second kappa shape index (κ2) is 5.91. The summed E-state index contributed by atoms with van der Waals surface area (Å²) in [5.74, 6) is 0.192. The van der Waals surface area contributed by atoms with Crippen LogP contribution in [0, 0.1) is 0 Å². The summed E-state index contributed by atoms with van der Waals surface area (Å²) < 4.78 is 30.6. The van der Waals surface area contributed by atoms with E-state index in [1.807, 2.05) is 12.1 Å². The minimum absolute atomic E-state index is 0.0136. The highest BCUT2D eigenvalue weighted by Crippen LogP contribution is 2.07. The predicted molar refractivity (Wildman–Crippen MR) is 68.1 cm³/mol. The lowest BCUT2D eigenvalue weighted by molar-refractivity contribution is 0.409. The molecule has 0 bridgehead atoms. The molecule has 0 aliphatic rings. The number of nitrogens with zero attached hydrogens (tertiary/aromatic N) is 2. The molecule has 0 saturated heterocycles. The van der Waals surface area contributed by atoms with Crippen LogP contribution in [-0.2, 0) is 28.9 Å². The SMILES string of the molecule is NCc1ccc(CS(=O)(=O)NCc2ncon2)cc1. The van der Waals surface area contributed by atoms with Crippen molar-refractivity contribution in [3.05, 3.63) is 47.6 Å². The average Bonchev–Trinajstić information content (AvgIpc) is 2.90. The molecule has 0 unspecified atom stereocenters. The molecule has 0 atom stereocenters. The first kappa shape index (κ1) is 13.7. The van der Waals surface area contributed by atoms with Crippen molar-refractivity contribution >= 4 is 10.0 Å². The molecule has 0 saturated carbocycles. The van der Waals surface area contributed by atoms with E-state index < -0.39 is 10.0 Å². The van der Waals surface area contributed by atoms with E-state index in [2.05, 4.69) is 19.4 Å². The number of hydrogen-bond donors (Lipinski definition) is 2. The van der Waals surface area contributed by atoms with Crippen LogP contribution in [-0.4, -0.2) is 18.6 Å². The van der Waals surface area contributed by atoms with Gasteiger partial charge in [0.2, 0.25) is 16.4 Å². The number of aromatic nitrogens is 2. The Labute approximate surface area is 110 Å². The first-order chi connectivity index (χ1) is 9.09. The van der Waals surface area contributed by atoms with Crippen LogP contribution in [0.4, 0.5) is 0 Å². The van der Waals surface area contributed by atoms with Gasteiger partial charge in [-0.25, -0.2) is 13.1 Å². The quantitative estimate of drug-likeness (QED) is 0.780. The summed E-state index contributed by atoms with van der Waals surface area (Å²) in [5.41, 5.74) is 7.13. The van der Waals surface area contributed by atoms with E-state index in [9.17, 15) is 8.42 Å². The Balaban J connectivity index is 1.96. The maximum atomic E-state index is 11.8. The molecule has 0 aliphatic heterocycles. The Kier molecular flexibility index (Phi) is 4.25. The summed E-state index contributed by atoms with van der Waals surface area (Å²) in [6, 6.07) is 7.11. The van der Waals surface area contributed by atoms with Crippen molar-refractivity contribution in [1.29, 1.82) is 0 Å². The smallest absolute Gasteiger partial charge is 0.216 e. The van der Waals surface area contributed by atoms with Crippen LogP contribution in [0.2, 0.25) is 0 Å². The number of hydrogen-bond acceptors (Lipinski definition) is 6. The molecule has 1 heterocycles. The van der Waals surface area contributed by atoms with Crippen molar-refractivity contribution in [2.75, 3.05) is 0 Å². The molecular weight excluding hydrogens is 268 g/mol. The summed E-state index contributed by atoms with van der Waals surface area (Å²) in [6.45, 7) is 0.447. The van der Waals surface area contributed by atoms with Crippen LogP contribution >= 0.6 is 0 Å². The summed E-state index contributed by atoms with van der Waals surface area (Å²) in [5, 5.41) is 3.52. The molecule has 2 rings (SSSR count). The highest BCUT2D eigenvalue weighted by molar-refractivity contribution is 7.88. The summed E-state index contributed by atoms with van der Waals surface area (Å²) in [4.78, 5) is 3.73. The lowest BCUT2D eigenvalue weighted by atomic mass is 10.1. The predicted octanol–water partition coefficient (Wildman–Crippen LogP) is 0.148. The summed E-state index contributed by atoms with van der Waals surface area (Å²) in [7, 11) is -3.43. The maximum Gasteiger partial charge on any atom is 0.216 e. The Bertz CT molecular complexity index is 608. The molecule has 0 spiro atoms. The van der Waals surface area contributed by atoms with Gasteiger partial charge in [0.25, 0.3) is 0 Å². The van der Waals surface area contributed by atoms with Gasteiger partial charge in [-0.2, -0.15) is 4.98 Å². The maximum absolute atomic E-state index is 11.8. The van der Waals surface area contributed by atoms with Gasteiger partial charge in [-0.05, 0) is 11.1 Å². The third-order valence-electron chi connectivity index (χ3n) is 2.47. The summed E-state index contributed by atoms with van der Waals surface area (Å²) >= 11 is 0. The zero-order valence-corrected chi connectivity index (χ0v) is 10.9. The molecule has 7 nitrogen and oxygen atoms in total. The van der Waals surface area contributed by atoms with Crippen LogP contribution in [0.25, 0.3) is 0 Å². The van der Waals surface area contributed by atoms with Crippen molar-refractivity contribution in [3.63, 3.8) is 0 Å². The second-order valence-electron chi connectivity index (χ2n) is 3.95. The minimum Gasteiger partial charge on any atom is -0.343 e. The normalized spacial score (nSPS) is 11.6. The van der Waals surface area contributed by atoms with Crippen LogP contribution < -0.4 is 10.5 Å². The van der Waals surface area contributed by atoms with Crippen molar-refractivity contribution < 1.29 is 12.9 Å². The molecule has 1 aromatic carbocycles. The number of rotatable bonds is 6. The average molecular weight is 282 g/mol. The van der Waals surface area contributed by atoms with Gasteiger partial charge in [0.05, 0.1) is 12.3 Å². The monoisotopic (exact) mass is 282 g/mol. The van der Waals surface area contributed by atoms with E-state index in [0.29, 0.717) is 17.9 Å². The molecule has 8 heteroatoms. The Morgan fingerprint density at radius 2 is 1.89 bits per heavy atom. The molecule has 1 aromatic heterocycles. The minimum atomic E-state index is -3.43. The van der Waals surface area contributed by atoms with Gasteiger partial charge in [0, 0.05) is 6.54 Å². The fraction of sp³-hybridized carbons (Fsp3) is 0.273. The first-order valence-electron chi connectivity index (χ1n) is 5.59. The molecule has 0 fully saturated rings. The molecule has 102 valence electrons. The molecule has 0 amide bonds. The van der Waals surface area contributed by atoms with Crippen LogP contribution in [0.3, 0.4) is 0 Å². The van der Waals surface area contributed by atoms with Crippen molar-refractivity contribution in [2.24, 2.45) is 5.73 Å². The van der Waals surface area contributed by atoms with E-state index in [0.717, 1.165) is 12.0 Å². The zero-order valence-electron chi connectivity index (χ0n) is 10.1. The van der Waals surface area contributed by atoms with Gasteiger partial charge in [0.1, 0.15) is 0 Å². The Hall–Kier alpha value is -1.77. The van der Waals surface area contributed by atoms with Crippen molar-refractivity contribution in [1.82, 2.24) is 14.9 Å². The van der Waals surface area contributed by atoms with Crippen molar-refractivity contribution in [3.8, 4) is 0 Å². The van der Waals surface area contributed by atoms with Crippen LogP contribution in [0.5, 0.6) is 0 Å². The fourth-order valence-electron chi connectivity index (χ4n) is 1.49. The van der Waals surface area contributed by atoms with Gasteiger partial charge < -0.3 is 10.3 Å². The lowest BCUT2D eigenvalue weighted by Gasteiger charge is -2.05. The topological polar surface area (TPSA) is 111 Å². The Morgan fingerprint density at radius 3 is 2.47 bits per heavy atom. The zero-order chi connectivity index (χ0) is 13.7. The molecule has 3 N–H and O–H groups in total. The fourth-order valence-corrected chi connectivity index (χ4v) is 2.57. The van der Waals surface area contributed by atoms with Gasteiger partial charge in [0.15, 0.2) is 5.82 Å². The van der Waals surface area contributed by atoms with E-state index >= 15 is 0 Å². The molecular formula is C11H14N4O3S. The van der Waals surface area contributed by atoms with Crippen molar-refractivity contribution in [2.45, 2.75) is 18.8 Å². The lowest BCUT2D eigenvalue weighted by Crippen LogP contribution is -2.25. The van der Waals surface area contributed by atoms with Gasteiger partial charge in [-0.3, -0.25) is 0 Å². The standard InChI is InChI=1S/C11H14N4O3S/c12-5-9-1-3-10(4-2-9)7-19(16,17)14-6-11-13-8-18-15-11/h1-4,8,14H,5-7,12H2. The third-order valence-corrected chi connectivity index (χ3v) is 3.77. The summed E-state index contributed by atoms with van der Waals surface area (Å²) in [6.07, 6.45) is 1.15. The van der Waals surface area contributed by atoms with Crippen LogP contribution in [0.15, 0.2) is 35.2 Å². The second-order valence-corrected chi connectivity index (χ2v) is 5.76. The number of nitrogens with two attached hydrogens (primary N) is 1. The number of nitrogens with one attached hydrogen (secondary N) is 1. The van der Waals surface area contributed by atoms with Gasteiger partial charge in [-0.15, -0.1) is 0 Å². The molecule has 2 aromatic rings. The molecule has 0 aliphatic carbocycles. The highest BCUT2D eigenvalue weighted by Gasteiger charge is 2.12. The number of benzene rings is 1. The van der Waals surface area contributed by atoms with E-state index in [4.69, 9.17) is 5.73 Å². The first-order valence-corrected chi connectivity index (χ1v) is 7.25. The van der Waals surface area contributed by atoms with Gasteiger partial charge in [-0.1, -0.05) is 29.4 Å². The molecule has 19 heavy (non-hydrogen) atoms. The Morgan fingerprint density at radius 1 is 1.21 bits per heavy atom. The van der Waals surface area contributed by atoms with Gasteiger partial charge >= 0.3 is 0 Å². The van der Waals surface area contributed by atoms with Crippen LogP contribution in [0.1, 0.15) is 17.0 Å². The van der Waals surface area contributed by atoms with E-state index in [1.54, 1.807) is 12.1 Å².